The topological polar surface area (TPSA) is 91.8 Å². The third-order valence-corrected chi connectivity index (χ3v) is 7.96. The second-order valence-corrected chi connectivity index (χ2v) is 10.9. The van der Waals surface area contributed by atoms with Crippen molar-refractivity contribution in [3.8, 4) is 5.75 Å². The fraction of sp³-hybridized carbons (Fsp3) is 0.258. The number of rotatable bonds is 9. The molecule has 0 radical (unpaired) electrons. The van der Waals surface area contributed by atoms with Crippen LogP contribution >= 0.6 is 0 Å². The Morgan fingerprint density at radius 1 is 0.925 bits per heavy atom. The molecule has 1 N–H and O–H groups in total. The highest BCUT2D eigenvalue weighted by molar-refractivity contribution is 7.86. The van der Waals surface area contributed by atoms with Crippen molar-refractivity contribution in [1.82, 2.24) is 14.8 Å². The Labute approximate surface area is 236 Å². The first-order valence-corrected chi connectivity index (χ1v) is 14.6. The van der Waals surface area contributed by atoms with Gasteiger partial charge in [0.15, 0.2) is 11.0 Å². The summed E-state index contributed by atoms with van der Waals surface area (Å²) in [5.74, 6) is 0.342. The summed E-state index contributed by atoms with van der Waals surface area (Å²) >= 11 is 0. The Morgan fingerprint density at radius 2 is 1.65 bits per heavy atom. The van der Waals surface area contributed by atoms with E-state index in [9.17, 15) is 13.8 Å². The van der Waals surface area contributed by atoms with Crippen LogP contribution in [-0.4, -0.2) is 57.0 Å². The molecular weight excluding hydrogens is 524 g/mol. The van der Waals surface area contributed by atoms with Crippen molar-refractivity contribution in [3.05, 3.63) is 96.2 Å². The van der Waals surface area contributed by atoms with E-state index in [1.54, 1.807) is 36.5 Å². The van der Waals surface area contributed by atoms with E-state index >= 15 is 0 Å². The number of carbonyl (C=O) groups excluding carboxylic acids is 2. The molecule has 0 bridgehead atoms. The third-order valence-electron chi connectivity index (χ3n) is 6.81. The van der Waals surface area contributed by atoms with E-state index in [1.807, 2.05) is 60.4 Å². The maximum atomic E-state index is 13.1. The first-order chi connectivity index (χ1) is 19.5. The van der Waals surface area contributed by atoms with Gasteiger partial charge in [-0.15, -0.1) is 0 Å². The molecule has 1 amide bonds. The van der Waals surface area contributed by atoms with Gasteiger partial charge in [0.25, 0.3) is 5.91 Å². The smallest absolute Gasteiger partial charge is 0.311 e. The summed E-state index contributed by atoms with van der Waals surface area (Å²) in [6.07, 6.45) is 2.87. The second kappa shape index (κ2) is 12.8. The molecule has 1 aromatic heterocycles. The van der Waals surface area contributed by atoms with E-state index < -0.39 is 11.0 Å². The number of nitrogens with one attached hydrogen (secondary N) is 1. The molecule has 1 saturated heterocycles. The quantitative estimate of drug-likeness (QED) is 0.230. The highest BCUT2D eigenvalue weighted by Gasteiger charge is 2.22. The molecule has 0 saturated carbocycles. The van der Waals surface area contributed by atoms with Crippen LogP contribution in [0.2, 0.25) is 0 Å². The Balaban J connectivity index is 1.12. The number of hydrogen-bond donors (Lipinski definition) is 1. The molecule has 206 valence electrons. The lowest BCUT2D eigenvalue weighted by molar-refractivity contribution is -0.134. The van der Waals surface area contributed by atoms with E-state index in [-0.39, 0.29) is 11.9 Å². The number of carbonyl (C=O) groups is 2. The first kappa shape index (κ1) is 27.5. The van der Waals surface area contributed by atoms with Crippen molar-refractivity contribution in [1.29, 1.82) is 0 Å². The molecule has 4 aromatic rings. The van der Waals surface area contributed by atoms with Gasteiger partial charge in [0.05, 0.1) is 10.4 Å². The van der Waals surface area contributed by atoms with Gasteiger partial charge in [-0.2, -0.15) is 0 Å². The molecule has 0 spiro atoms. The van der Waals surface area contributed by atoms with Gasteiger partial charge in [-0.3, -0.25) is 19.5 Å². The fourth-order valence-corrected chi connectivity index (χ4v) is 5.68. The highest BCUT2D eigenvalue weighted by Crippen LogP contribution is 2.22. The summed E-state index contributed by atoms with van der Waals surface area (Å²) in [6, 6.07) is 24.1. The van der Waals surface area contributed by atoms with Gasteiger partial charge >= 0.3 is 5.97 Å². The van der Waals surface area contributed by atoms with E-state index in [0.717, 1.165) is 37.0 Å². The number of benzene rings is 3. The number of para-hydroxylation sites is 1. The standard InChI is InChI=1S/C31H32N4O4S/c1-2-5-29(36)39-27-15-9-23(10-16-27)22-34-18-20-35(21-19-34)31(37)25-11-13-26(14-12-25)33-40(38)28-8-3-6-24-7-4-17-32-30(24)28/h3-4,6-17,33H,2,5,18-22H2,1H3. The van der Waals surface area contributed by atoms with Crippen LogP contribution in [0.5, 0.6) is 5.75 Å². The largest absolute Gasteiger partial charge is 0.427 e. The van der Waals surface area contributed by atoms with Gasteiger partial charge in [-0.25, -0.2) is 4.21 Å². The molecule has 1 fully saturated rings. The van der Waals surface area contributed by atoms with E-state index in [0.29, 0.717) is 46.9 Å². The molecule has 0 aliphatic carbocycles. The fourth-order valence-electron chi connectivity index (χ4n) is 4.67. The number of ether oxygens (including phenoxy) is 1. The SMILES string of the molecule is CCCC(=O)Oc1ccc(CN2CCN(C(=O)c3ccc(NS(=O)c4cccc5cccnc45)cc3)CC2)cc1. The van der Waals surface area contributed by atoms with Crippen LogP contribution in [0.4, 0.5) is 5.69 Å². The number of nitrogens with zero attached hydrogens (tertiary/aromatic N) is 3. The van der Waals surface area contributed by atoms with Crippen LogP contribution in [0.3, 0.4) is 0 Å². The van der Waals surface area contributed by atoms with E-state index in [1.165, 1.54) is 0 Å². The number of piperazine rings is 1. The average molecular weight is 557 g/mol. The molecule has 1 unspecified atom stereocenters. The van der Waals surface area contributed by atoms with Gasteiger partial charge in [0.2, 0.25) is 0 Å². The lowest BCUT2D eigenvalue weighted by Gasteiger charge is -2.34. The summed E-state index contributed by atoms with van der Waals surface area (Å²) in [6.45, 7) is 5.55. The molecule has 1 aliphatic rings. The van der Waals surface area contributed by atoms with Crippen LogP contribution in [0.25, 0.3) is 10.9 Å². The third kappa shape index (κ3) is 6.73. The zero-order chi connectivity index (χ0) is 27.9. The Kier molecular flexibility index (Phi) is 8.83. The summed E-state index contributed by atoms with van der Waals surface area (Å²) < 4.78 is 21.3. The molecule has 1 aliphatic heterocycles. The average Bonchev–Trinajstić information content (AvgIpc) is 2.98. The van der Waals surface area contributed by atoms with Crippen LogP contribution in [0.15, 0.2) is 90.0 Å². The summed E-state index contributed by atoms with van der Waals surface area (Å²) in [5, 5.41) is 0.930. The molecule has 3 aromatic carbocycles. The number of hydrogen-bond acceptors (Lipinski definition) is 6. The number of aromatic nitrogens is 1. The van der Waals surface area contributed by atoms with Crippen molar-refractivity contribution < 1.29 is 18.5 Å². The van der Waals surface area contributed by atoms with Gasteiger partial charge in [-0.05, 0) is 60.5 Å². The van der Waals surface area contributed by atoms with Crippen molar-refractivity contribution in [2.45, 2.75) is 31.2 Å². The highest BCUT2D eigenvalue weighted by atomic mass is 32.2. The van der Waals surface area contributed by atoms with Gasteiger partial charge in [-0.1, -0.05) is 37.3 Å². The minimum absolute atomic E-state index is 0.0103. The molecule has 9 heteroatoms. The van der Waals surface area contributed by atoms with Crippen molar-refractivity contribution in [2.24, 2.45) is 0 Å². The number of pyridine rings is 1. The van der Waals surface area contributed by atoms with Crippen molar-refractivity contribution >= 4 is 39.5 Å². The zero-order valence-electron chi connectivity index (χ0n) is 22.4. The molecule has 8 nitrogen and oxygen atoms in total. The minimum atomic E-state index is -1.49. The van der Waals surface area contributed by atoms with E-state index in [2.05, 4.69) is 14.6 Å². The number of esters is 1. The Morgan fingerprint density at radius 3 is 2.38 bits per heavy atom. The lowest BCUT2D eigenvalue weighted by atomic mass is 10.1. The second-order valence-electron chi connectivity index (χ2n) is 9.72. The normalized spacial score (nSPS) is 14.6. The monoisotopic (exact) mass is 556 g/mol. The number of anilines is 1. The van der Waals surface area contributed by atoms with Gasteiger partial charge in [0.1, 0.15) is 5.75 Å². The summed E-state index contributed by atoms with van der Waals surface area (Å²) in [5.41, 5.74) is 3.10. The zero-order valence-corrected chi connectivity index (χ0v) is 23.2. The Bertz CT molecular complexity index is 1500. The minimum Gasteiger partial charge on any atom is -0.427 e. The molecule has 2 heterocycles. The van der Waals surface area contributed by atoms with Crippen LogP contribution in [0, 0.1) is 0 Å². The number of fused-ring (bicyclic) bond motifs is 1. The summed E-state index contributed by atoms with van der Waals surface area (Å²) in [4.78, 5) is 34.0. The van der Waals surface area contributed by atoms with E-state index in [4.69, 9.17) is 4.74 Å². The predicted molar refractivity (Wildman–Crippen MR) is 156 cm³/mol. The predicted octanol–water partition coefficient (Wildman–Crippen LogP) is 5.03. The first-order valence-electron chi connectivity index (χ1n) is 13.4. The van der Waals surface area contributed by atoms with Gasteiger partial charge in [0, 0.05) is 62.0 Å². The lowest BCUT2D eigenvalue weighted by Crippen LogP contribution is -2.48. The van der Waals surface area contributed by atoms with Crippen LogP contribution in [-0.2, 0) is 22.3 Å². The van der Waals surface area contributed by atoms with Gasteiger partial charge < -0.3 is 14.4 Å². The molecule has 40 heavy (non-hydrogen) atoms. The molecule has 1 atom stereocenters. The maximum Gasteiger partial charge on any atom is 0.311 e. The van der Waals surface area contributed by atoms with Crippen LogP contribution in [0.1, 0.15) is 35.7 Å². The Hall–Kier alpha value is -4.08. The molecular formula is C31H32N4O4S. The summed E-state index contributed by atoms with van der Waals surface area (Å²) in [7, 11) is -1.49. The maximum absolute atomic E-state index is 13.1. The molecule has 5 rings (SSSR count). The van der Waals surface area contributed by atoms with Crippen LogP contribution < -0.4 is 9.46 Å². The van der Waals surface area contributed by atoms with Crippen molar-refractivity contribution in [3.63, 3.8) is 0 Å². The number of amides is 1. The van der Waals surface area contributed by atoms with Crippen molar-refractivity contribution in [2.75, 3.05) is 30.9 Å².